The molecule has 0 aliphatic carbocycles. The Hall–Kier alpha value is -4.17. The molecule has 8 heteroatoms. The highest BCUT2D eigenvalue weighted by Crippen LogP contribution is 2.32. The summed E-state index contributed by atoms with van der Waals surface area (Å²) >= 11 is 0. The molecule has 3 heterocycles. The molecule has 0 bridgehead atoms. The summed E-state index contributed by atoms with van der Waals surface area (Å²) in [5.74, 6) is 0.830. The van der Waals surface area contributed by atoms with Crippen molar-refractivity contribution >= 4 is 28.5 Å². The number of carbonyl (C=O) groups excluding carboxylic acids is 2. The average molecular weight is 539 g/mol. The highest BCUT2D eigenvalue weighted by atomic mass is 16.2. The number of amides is 2. The summed E-state index contributed by atoms with van der Waals surface area (Å²) in [6.45, 7) is 4.26. The molecule has 2 amide bonds. The fraction of sp³-hybridized carbons (Fsp3) is 0.344. The summed E-state index contributed by atoms with van der Waals surface area (Å²) in [7, 11) is 0. The minimum atomic E-state index is -0.249. The number of nitrogens with one attached hydrogen (secondary N) is 1. The predicted octanol–water partition coefficient (Wildman–Crippen LogP) is 4.09. The number of hydrogen-bond acceptors (Lipinski definition) is 5. The summed E-state index contributed by atoms with van der Waals surface area (Å²) in [5, 5.41) is 4.10. The number of fused-ring (bicyclic) bond motifs is 1. The van der Waals surface area contributed by atoms with Crippen LogP contribution in [0.3, 0.4) is 0 Å². The Balaban J connectivity index is 1.21. The van der Waals surface area contributed by atoms with Gasteiger partial charge in [-0.2, -0.15) is 0 Å². The van der Waals surface area contributed by atoms with Crippen molar-refractivity contribution in [3.8, 4) is 11.1 Å². The second kappa shape index (κ2) is 12.3. The molecule has 5 N–H and O–H groups in total. The lowest BCUT2D eigenvalue weighted by atomic mass is 9.93. The van der Waals surface area contributed by atoms with Gasteiger partial charge in [-0.25, -0.2) is 4.98 Å². The molecule has 1 saturated heterocycles. The van der Waals surface area contributed by atoms with Crippen LogP contribution in [0.1, 0.15) is 43.4 Å². The van der Waals surface area contributed by atoms with Crippen LogP contribution in [-0.4, -0.2) is 51.9 Å². The number of anilines is 1. The maximum absolute atomic E-state index is 13.3. The first-order valence-corrected chi connectivity index (χ1v) is 14.0. The van der Waals surface area contributed by atoms with Gasteiger partial charge in [0.2, 0.25) is 11.8 Å². The number of para-hydroxylation sites is 1. The number of rotatable bonds is 9. The van der Waals surface area contributed by atoms with E-state index in [0.717, 1.165) is 41.6 Å². The van der Waals surface area contributed by atoms with E-state index >= 15 is 0 Å². The number of pyridine rings is 1. The first kappa shape index (κ1) is 27.4. The van der Waals surface area contributed by atoms with Crippen molar-refractivity contribution in [2.45, 2.75) is 51.1 Å². The van der Waals surface area contributed by atoms with Crippen molar-refractivity contribution in [1.29, 1.82) is 0 Å². The largest absolute Gasteiger partial charge is 0.384 e. The molecule has 2 aromatic carbocycles. The highest BCUT2D eigenvalue weighted by molar-refractivity contribution is 5.82. The maximum atomic E-state index is 13.3. The van der Waals surface area contributed by atoms with E-state index < -0.39 is 0 Å². The van der Waals surface area contributed by atoms with Crippen molar-refractivity contribution in [2.75, 3.05) is 25.4 Å². The van der Waals surface area contributed by atoms with Crippen LogP contribution in [0, 0.1) is 0 Å². The quantitative estimate of drug-likeness (QED) is 0.297. The van der Waals surface area contributed by atoms with Crippen LogP contribution in [0.15, 0.2) is 72.9 Å². The SMILES string of the molecule is CC(=O)NCCn1c(C2CCCN(C(=O)C[C@H](N)Cc3ccc(-c4ccc(N)nc4)cc3)C2)cc2ccccc21. The van der Waals surface area contributed by atoms with Gasteiger partial charge in [-0.1, -0.05) is 42.5 Å². The number of nitrogens with zero attached hydrogens (tertiary/aromatic N) is 3. The Morgan fingerprint density at radius 2 is 1.85 bits per heavy atom. The summed E-state index contributed by atoms with van der Waals surface area (Å²) < 4.78 is 2.31. The van der Waals surface area contributed by atoms with Crippen LogP contribution in [0.4, 0.5) is 5.82 Å². The molecule has 1 fully saturated rings. The van der Waals surface area contributed by atoms with Gasteiger partial charge in [0.15, 0.2) is 0 Å². The van der Waals surface area contributed by atoms with Gasteiger partial charge in [0.1, 0.15) is 5.82 Å². The van der Waals surface area contributed by atoms with Crippen LogP contribution < -0.4 is 16.8 Å². The van der Waals surface area contributed by atoms with Gasteiger partial charge in [0, 0.05) is 74.5 Å². The number of hydrogen-bond donors (Lipinski definition) is 3. The fourth-order valence-corrected chi connectivity index (χ4v) is 5.75. The summed E-state index contributed by atoms with van der Waals surface area (Å²) in [6.07, 6.45) is 4.72. The Morgan fingerprint density at radius 3 is 2.60 bits per heavy atom. The van der Waals surface area contributed by atoms with E-state index in [0.29, 0.717) is 38.3 Å². The van der Waals surface area contributed by atoms with E-state index in [1.807, 2.05) is 23.1 Å². The minimum absolute atomic E-state index is 0.0289. The number of benzene rings is 2. The van der Waals surface area contributed by atoms with Crippen molar-refractivity contribution in [2.24, 2.45) is 5.73 Å². The highest BCUT2D eigenvalue weighted by Gasteiger charge is 2.28. The molecule has 40 heavy (non-hydrogen) atoms. The Labute approximate surface area is 235 Å². The summed E-state index contributed by atoms with van der Waals surface area (Å²) in [6, 6.07) is 22.3. The molecule has 5 rings (SSSR count). The number of piperidine rings is 1. The van der Waals surface area contributed by atoms with Gasteiger partial charge in [-0.05, 0) is 60.0 Å². The zero-order valence-electron chi connectivity index (χ0n) is 23.1. The molecular weight excluding hydrogens is 500 g/mol. The molecular formula is C32H38N6O2. The van der Waals surface area contributed by atoms with Crippen LogP contribution in [0.2, 0.25) is 0 Å². The van der Waals surface area contributed by atoms with E-state index in [2.05, 4.69) is 57.3 Å². The molecule has 1 aliphatic heterocycles. The zero-order chi connectivity index (χ0) is 28.1. The Kier molecular flexibility index (Phi) is 8.45. The first-order chi connectivity index (χ1) is 19.4. The van der Waals surface area contributed by atoms with E-state index in [1.165, 1.54) is 11.1 Å². The third-order valence-corrected chi connectivity index (χ3v) is 7.75. The standard InChI is InChI=1S/C32H38N6O2/c1-22(39)35-14-16-38-29-7-3-2-5-25(29)18-30(38)27-6-4-15-37(21-27)32(40)19-28(33)17-23-8-10-24(11-9-23)26-12-13-31(34)36-20-26/h2-3,5,7-13,18,20,27-28H,4,6,14-17,19,21,33H2,1H3,(H2,34,36)(H,35,39)/t27?,28-/m1/s1. The Bertz CT molecular complexity index is 1460. The molecule has 2 atom stereocenters. The molecule has 8 nitrogen and oxygen atoms in total. The second-order valence-corrected chi connectivity index (χ2v) is 10.8. The zero-order valence-corrected chi connectivity index (χ0v) is 23.1. The monoisotopic (exact) mass is 538 g/mol. The van der Waals surface area contributed by atoms with Gasteiger partial charge in [0.05, 0.1) is 0 Å². The average Bonchev–Trinajstić information content (AvgIpc) is 3.32. The van der Waals surface area contributed by atoms with Crippen molar-refractivity contribution in [3.05, 3.63) is 84.2 Å². The van der Waals surface area contributed by atoms with E-state index in [-0.39, 0.29) is 23.8 Å². The van der Waals surface area contributed by atoms with Crippen LogP contribution in [-0.2, 0) is 22.6 Å². The topological polar surface area (TPSA) is 119 Å². The fourth-order valence-electron chi connectivity index (χ4n) is 5.75. The number of aromatic nitrogens is 2. The molecule has 0 saturated carbocycles. The number of carbonyl (C=O) groups is 2. The van der Waals surface area contributed by atoms with E-state index in [9.17, 15) is 9.59 Å². The lowest BCUT2D eigenvalue weighted by molar-refractivity contribution is -0.132. The molecule has 0 radical (unpaired) electrons. The van der Waals surface area contributed by atoms with Crippen molar-refractivity contribution < 1.29 is 9.59 Å². The van der Waals surface area contributed by atoms with Gasteiger partial charge in [-0.15, -0.1) is 0 Å². The third-order valence-electron chi connectivity index (χ3n) is 7.75. The lowest BCUT2D eigenvalue weighted by Crippen LogP contribution is -2.42. The molecule has 0 spiro atoms. The summed E-state index contributed by atoms with van der Waals surface area (Å²) in [5.41, 5.74) is 17.7. The van der Waals surface area contributed by atoms with Gasteiger partial charge >= 0.3 is 0 Å². The number of nitrogens with two attached hydrogens (primary N) is 2. The molecule has 2 aromatic heterocycles. The Morgan fingerprint density at radius 1 is 1.07 bits per heavy atom. The van der Waals surface area contributed by atoms with Gasteiger partial charge in [0.25, 0.3) is 0 Å². The second-order valence-electron chi connectivity index (χ2n) is 10.8. The molecule has 4 aromatic rings. The first-order valence-electron chi connectivity index (χ1n) is 14.0. The van der Waals surface area contributed by atoms with E-state index in [4.69, 9.17) is 11.5 Å². The molecule has 208 valence electrons. The van der Waals surface area contributed by atoms with Gasteiger partial charge in [-0.3, -0.25) is 9.59 Å². The molecule has 1 aliphatic rings. The van der Waals surface area contributed by atoms with Crippen LogP contribution in [0.5, 0.6) is 0 Å². The number of nitrogen functional groups attached to an aromatic ring is 1. The lowest BCUT2D eigenvalue weighted by Gasteiger charge is -2.34. The van der Waals surface area contributed by atoms with Crippen molar-refractivity contribution in [1.82, 2.24) is 19.8 Å². The summed E-state index contributed by atoms with van der Waals surface area (Å²) in [4.78, 5) is 30.9. The van der Waals surface area contributed by atoms with Crippen LogP contribution >= 0.6 is 0 Å². The maximum Gasteiger partial charge on any atom is 0.224 e. The van der Waals surface area contributed by atoms with Crippen LogP contribution in [0.25, 0.3) is 22.0 Å². The minimum Gasteiger partial charge on any atom is -0.384 e. The normalized spacial score (nSPS) is 16.1. The predicted molar refractivity (Wildman–Crippen MR) is 160 cm³/mol. The molecule has 1 unspecified atom stereocenters. The number of likely N-dealkylation sites (tertiary alicyclic amines) is 1. The smallest absolute Gasteiger partial charge is 0.224 e. The van der Waals surface area contributed by atoms with Gasteiger partial charge < -0.3 is 26.3 Å². The van der Waals surface area contributed by atoms with E-state index in [1.54, 1.807) is 19.2 Å². The van der Waals surface area contributed by atoms with Crippen molar-refractivity contribution in [3.63, 3.8) is 0 Å². The third kappa shape index (κ3) is 6.51.